The lowest BCUT2D eigenvalue weighted by atomic mass is 10.7. The molecule has 0 amide bonds. The molecule has 0 aliphatic carbocycles. The lowest BCUT2D eigenvalue weighted by molar-refractivity contribution is -0.845. The molecule has 1 heterocycles. The smallest absolute Gasteiger partial charge is 0.231 e. The SMILES string of the molecule is C[n+]1cc(S(C)(C)C)co1. The van der Waals surface area contributed by atoms with Gasteiger partial charge in [0.2, 0.25) is 6.20 Å². The predicted molar refractivity (Wildman–Crippen MR) is 43.5 cm³/mol. The Morgan fingerprint density at radius 2 is 2.00 bits per heavy atom. The quantitative estimate of drug-likeness (QED) is 0.563. The molecule has 0 fully saturated rings. The molecule has 0 saturated carbocycles. The third-order valence-electron chi connectivity index (χ3n) is 1.35. The van der Waals surface area contributed by atoms with Crippen LogP contribution in [0.5, 0.6) is 0 Å². The maximum Gasteiger partial charge on any atom is 0.231 e. The number of hydrogen-bond acceptors (Lipinski definition) is 1. The Morgan fingerprint density at radius 3 is 2.20 bits per heavy atom. The first-order chi connectivity index (χ1) is 4.50. The van der Waals surface area contributed by atoms with Crippen LogP contribution in [0.15, 0.2) is 21.9 Å². The molecule has 0 spiro atoms. The van der Waals surface area contributed by atoms with Crippen molar-refractivity contribution in [2.75, 3.05) is 18.8 Å². The van der Waals surface area contributed by atoms with E-state index in [-0.39, 0.29) is 0 Å². The van der Waals surface area contributed by atoms with Crippen molar-refractivity contribution in [3.8, 4) is 0 Å². The maximum atomic E-state index is 5.13. The average Bonchev–Trinajstić information content (AvgIpc) is 2.11. The van der Waals surface area contributed by atoms with Crippen molar-refractivity contribution in [1.29, 1.82) is 0 Å². The third-order valence-corrected chi connectivity index (χ3v) is 2.97. The molecule has 58 valence electrons. The van der Waals surface area contributed by atoms with Crippen molar-refractivity contribution in [3.05, 3.63) is 12.5 Å². The van der Waals surface area contributed by atoms with E-state index in [9.17, 15) is 0 Å². The van der Waals surface area contributed by atoms with Gasteiger partial charge in [0.05, 0.1) is 0 Å². The largest absolute Gasteiger partial charge is 0.244 e. The molecule has 0 aliphatic heterocycles. The highest BCUT2D eigenvalue weighted by molar-refractivity contribution is 8.32. The monoisotopic (exact) mass is 160 g/mol. The van der Waals surface area contributed by atoms with Crippen molar-refractivity contribution in [2.24, 2.45) is 7.05 Å². The van der Waals surface area contributed by atoms with Crippen molar-refractivity contribution in [3.63, 3.8) is 0 Å². The van der Waals surface area contributed by atoms with Crippen LogP contribution in [-0.2, 0) is 7.05 Å². The van der Waals surface area contributed by atoms with Gasteiger partial charge in [0, 0.05) is 0 Å². The maximum absolute atomic E-state index is 5.13. The number of aromatic nitrogens is 1. The zero-order valence-corrected chi connectivity index (χ0v) is 7.73. The summed E-state index contributed by atoms with van der Waals surface area (Å²) in [5.74, 6) is 0. The van der Waals surface area contributed by atoms with Crippen molar-refractivity contribution >= 4 is 10.0 Å². The summed E-state index contributed by atoms with van der Waals surface area (Å²) < 4.78 is 6.86. The molecule has 2 nitrogen and oxygen atoms in total. The van der Waals surface area contributed by atoms with Gasteiger partial charge in [-0.3, -0.25) is 0 Å². The molecule has 0 aliphatic rings. The van der Waals surface area contributed by atoms with Crippen LogP contribution in [0.2, 0.25) is 0 Å². The molecule has 0 N–H and O–H groups in total. The zero-order valence-electron chi connectivity index (χ0n) is 6.92. The minimum atomic E-state index is -0.597. The first kappa shape index (κ1) is 7.66. The van der Waals surface area contributed by atoms with Gasteiger partial charge in [-0.15, -0.1) is 0 Å². The lowest BCUT2D eigenvalue weighted by Gasteiger charge is -2.19. The van der Waals surface area contributed by atoms with E-state index in [1.807, 2.05) is 19.5 Å². The van der Waals surface area contributed by atoms with Crippen LogP contribution in [0.3, 0.4) is 0 Å². The molecule has 0 aromatic carbocycles. The van der Waals surface area contributed by atoms with Gasteiger partial charge in [-0.05, 0) is 23.5 Å². The van der Waals surface area contributed by atoms with E-state index in [0.29, 0.717) is 0 Å². The number of aryl methyl sites for hydroxylation is 1. The lowest BCUT2D eigenvalue weighted by Crippen LogP contribution is -2.22. The van der Waals surface area contributed by atoms with Gasteiger partial charge < -0.3 is 0 Å². The fourth-order valence-corrected chi connectivity index (χ4v) is 1.47. The Kier molecular flexibility index (Phi) is 1.77. The van der Waals surface area contributed by atoms with Crippen LogP contribution in [0.25, 0.3) is 0 Å². The van der Waals surface area contributed by atoms with Gasteiger partial charge in [0.1, 0.15) is 4.90 Å². The van der Waals surface area contributed by atoms with E-state index < -0.39 is 10.0 Å². The molecule has 0 unspecified atom stereocenters. The first-order valence-corrected chi connectivity index (χ1v) is 5.99. The van der Waals surface area contributed by atoms with Gasteiger partial charge in [-0.25, -0.2) is 14.6 Å². The Bertz CT molecular complexity index is 224. The summed E-state index contributed by atoms with van der Waals surface area (Å²) in [5.41, 5.74) is 0. The Labute approximate surface area is 63.1 Å². The van der Waals surface area contributed by atoms with E-state index in [2.05, 4.69) is 18.8 Å². The normalized spacial score (nSPS) is 13.6. The molecule has 1 aromatic heterocycles. The highest BCUT2D eigenvalue weighted by Gasteiger charge is 2.14. The summed E-state index contributed by atoms with van der Waals surface area (Å²) in [6.45, 7) is 0. The summed E-state index contributed by atoms with van der Waals surface area (Å²) in [4.78, 5) is 1.31. The summed E-state index contributed by atoms with van der Waals surface area (Å²) in [6, 6.07) is 0. The number of hydrogen-bond donors (Lipinski definition) is 0. The minimum Gasteiger partial charge on any atom is -0.244 e. The fourth-order valence-electron chi connectivity index (χ4n) is 0.678. The molecule has 0 saturated heterocycles. The van der Waals surface area contributed by atoms with E-state index in [4.69, 9.17) is 4.52 Å². The van der Waals surface area contributed by atoms with Crippen molar-refractivity contribution < 1.29 is 9.26 Å². The third kappa shape index (κ3) is 1.53. The Balaban J connectivity index is 2.96. The second kappa shape index (κ2) is 2.31. The second-order valence-corrected chi connectivity index (χ2v) is 7.28. The Hall–Kier alpha value is -0.440. The molecular formula is C7H14NOS+. The minimum absolute atomic E-state index is 0.597. The number of nitrogens with zero attached hydrogens (tertiary/aromatic N) is 1. The summed E-state index contributed by atoms with van der Waals surface area (Å²) in [5, 5.41) is 0. The second-order valence-electron chi connectivity index (χ2n) is 3.14. The molecule has 1 aromatic rings. The summed E-state index contributed by atoms with van der Waals surface area (Å²) in [6.07, 6.45) is 10.6. The molecule has 0 radical (unpaired) electrons. The van der Waals surface area contributed by atoms with Crippen molar-refractivity contribution in [1.82, 2.24) is 0 Å². The number of rotatable bonds is 1. The zero-order chi connectivity index (χ0) is 7.78. The van der Waals surface area contributed by atoms with Crippen LogP contribution in [0, 0.1) is 0 Å². The van der Waals surface area contributed by atoms with E-state index in [1.54, 1.807) is 4.74 Å². The van der Waals surface area contributed by atoms with Gasteiger partial charge in [-0.2, -0.15) is 0 Å². The molecule has 3 heteroatoms. The molecular weight excluding hydrogens is 146 g/mol. The highest BCUT2D eigenvalue weighted by atomic mass is 32.3. The van der Waals surface area contributed by atoms with Crippen molar-refractivity contribution in [2.45, 2.75) is 4.90 Å². The van der Waals surface area contributed by atoms with Gasteiger partial charge in [-0.1, -0.05) is 0 Å². The van der Waals surface area contributed by atoms with Crippen LogP contribution in [-0.4, -0.2) is 18.8 Å². The topological polar surface area (TPSA) is 17.0 Å². The average molecular weight is 160 g/mol. The van der Waals surface area contributed by atoms with Crippen LogP contribution < -0.4 is 4.74 Å². The summed E-state index contributed by atoms with van der Waals surface area (Å²) in [7, 11) is 1.30. The molecule has 1 rings (SSSR count). The van der Waals surface area contributed by atoms with Crippen LogP contribution in [0.1, 0.15) is 0 Å². The highest BCUT2D eigenvalue weighted by Crippen LogP contribution is 2.44. The van der Waals surface area contributed by atoms with Crippen LogP contribution >= 0.6 is 10.0 Å². The molecule has 10 heavy (non-hydrogen) atoms. The predicted octanol–water partition coefficient (Wildman–Crippen LogP) is 1.16. The van der Waals surface area contributed by atoms with Gasteiger partial charge in [0.25, 0.3) is 0 Å². The van der Waals surface area contributed by atoms with Crippen LogP contribution in [0.4, 0.5) is 0 Å². The standard InChI is InChI=1S/C7H14NOS/c1-8-5-7(6-9-8)10(2,3)4/h5-6H,1-4H3/q+1. The summed E-state index contributed by atoms with van der Waals surface area (Å²) >= 11 is 0. The fraction of sp³-hybridized carbons (Fsp3) is 0.571. The van der Waals surface area contributed by atoms with E-state index in [1.165, 1.54) is 4.90 Å². The molecule has 0 bridgehead atoms. The molecule has 0 atom stereocenters. The van der Waals surface area contributed by atoms with E-state index in [0.717, 1.165) is 0 Å². The van der Waals surface area contributed by atoms with Gasteiger partial charge in [0.15, 0.2) is 13.3 Å². The first-order valence-electron chi connectivity index (χ1n) is 3.13. The Morgan fingerprint density at radius 1 is 1.40 bits per heavy atom. The van der Waals surface area contributed by atoms with E-state index >= 15 is 0 Å². The van der Waals surface area contributed by atoms with Gasteiger partial charge >= 0.3 is 0 Å².